The summed E-state index contributed by atoms with van der Waals surface area (Å²) >= 11 is 4.90. The Kier molecular flexibility index (Phi) is 5.15. The van der Waals surface area contributed by atoms with Crippen LogP contribution in [0.3, 0.4) is 0 Å². The summed E-state index contributed by atoms with van der Waals surface area (Å²) in [5, 5.41) is 9.02. The second kappa shape index (κ2) is 6.15. The van der Waals surface area contributed by atoms with Crippen molar-refractivity contribution in [3.63, 3.8) is 0 Å². The normalized spacial score (nSPS) is 19.5. The maximum absolute atomic E-state index is 12.1. The molecule has 1 rings (SSSR count). The quantitative estimate of drug-likeness (QED) is 0.708. The van der Waals surface area contributed by atoms with Crippen LogP contribution in [0.1, 0.15) is 26.2 Å². The molecular weight excluding hydrogens is 224 g/mol. The maximum atomic E-state index is 12.1. The Hall–Kier alpha value is -0.680. The molecule has 3 N–H and O–H groups in total. The number of rotatable bonds is 4. The fourth-order valence-electron chi connectivity index (χ4n) is 2.05. The van der Waals surface area contributed by atoms with Gasteiger partial charge in [-0.2, -0.15) is 0 Å². The fraction of sp³-hybridized carbons (Fsp3) is 0.818. The predicted molar refractivity (Wildman–Crippen MR) is 67.0 cm³/mol. The lowest BCUT2D eigenvalue weighted by atomic mass is 9.96. The number of carbonyl (C=O) groups is 1. The van der Waals surface area contributed by atoms with Crippen LogP contribution < -0.4 is 5.73 Å². The van der Waals surface area contributed by atoms with Gasteiger partial charge in [0.05, 0.1) is 10.9 Å². The van der Waals surface area contributed by atoms with Crippen molar-refractivity contribution in [1.29, 1.82) is 0 Å². The van der Waals surface area contributed by atoms with Crippen molar-refractivity contribution in [2.75, 3.05) is 19.7 Å². The van der Waals surface area contributed by atoms with Gasteiger partial charge in [0.15, 0.2) is 0 Å². The molecule has 0 aromatic carbocycles. The number of nitrogens with two attached hydrogens (primary N) is 1. The highest BCUT2D eigenvalue weighted by Crippen LogP contribution is 2.19. The number of hydrogen-bond donors (Lipinski definition) is 2. The van der Waals surface area contributed by atoms with Gasteiger partial charge in [-0.05, 0) is 25.2 Å². The molecule has 4 nitrogen and oxygen atoms in total. The van der Waals surface area contributed by atoms with Crippen molar-refractivity contribution in [1.82, 2.24) is 4.90 Å². The number of carbonyl (C=O) groups excluding carboxylic acids is 1. The summed E-state index contributed by atoms with van der Waals surface area (Å²) < 4.78 is 0. The lowest BCUT2D eigenvalue weighted by Crippen LogP contribution is -2.45. The average molecular weight is 244 g/mol. The van der Waals surface area contributed by atoms with Gasteiger partial charge in [-0.1, -0.05) is 19.1 Å². The standard InChI is InChI=1S/C11H20N2O2S/c1-2-9(10(12)16)11(15)13-5-3-8(7-14)4-6-13/h8-9,14H,2-7H2,1H3,(H2,12,16). The first-order valence-electron chi connectivity index (χ1n) is 5.79. The minimum absolute atomic E-state index is 0.0476. The summed E-state index contributed by atoms with van der Waals surface area (Å²) in [5.74, 6) is 0.0704. The Morgan fingerprint density at radius 2 is 2.12 bits per heavy atom. The zero-order valence-electron chi connectivity index (χ0n) is 9.69. The van der Waals surface area contributed by atoms with Gasteiger partial charge in [-0.25, -0.2) is 0 Å². The van der Waals surface area contributed by atoms with Gasteiger partial charge >= 0.3 is 0 Å². The summed E-state index contributed by atoms with van der Waals surface area (Å²) in [7, 11) is 0. The molecule has 0 aromatic heterocycles. The first kappa shape index (κ1) is 13.4. The Morgan fingerprint density at radius 3 is 2.50 bits per heavy atom. The number of aliphatic hydroxyl groups excluding tert-OH is 1. The minimum atomic E-state index is -0.319. The van der Waals surface area contributed by atoms with Crippen LogP contribution in [0.4, 0.5) is 0 Å². The van der Waals surface area contributed by atoms with Crippen molar-refractivity contribution >= 4 is 23.1 Å². The predicted octanol–water partition coefficient (Wildman–Crippen LogP) is 0.530. The van der Waals surface area contributed by atoms with Crippen molar-refractivity contribution in [2.24, 2.45) is 17.6 Å². The van der Waals surface area contributed by atoms with E-state index < -0.39 is 0 Å². The van der Waals surface area contributed by atoms with E-state index in [1.54, 1.807) is 0 Å². The number of thiocarbonyl (C=S) groups is 1. The van der Waals surface area contributed by atoms with E-state index in [0.29, 0.717) is 25.4 Å². The third-order valence-electron chi connectivity index (χ3n) is 3.23. The highest BCUT2D eigenvalue weighted by Gasteiger charge is 2.28. The van der Waals surface area contributed by atoms with Gasteiger partial charge < -0.3 is 15.7 Å². The molecule has 0 bridgehead atoms. The Bertz CT molecular complexity index is 263. The molecule has 1 aliphatic rings. The molecule has 5 heteroatoms. The van der Waals surface area contributed by atoms with E-state index in [4.69, 9.17) is 23.1 Å². The summed E-state index contributed by atoms with van der Waals surface area (Å²) in [4.78, 5) is 14.2. The van der Waals surface area contributed by atoms with Crippen molar-refractivity contribution in [2.45, 2.75) is 26.2 Å². The molecule has 0 aromatic rings. The number of aliphatic hydroxyl groups is 1. The summed E-state index contributed by atoms with van der Waals surface area (Å²) in [6, 6.07) is 0. The smallest absolute Gasteiger partial charge is 0.232 e. The van der Waals surface area contributed by atoms with Crippen LogP contribution in [-0.4, -0.2) is 40.6 Å². The summed E-state index contributed by atoms with van der Waals surface area (Å²) in [6.07, 6.45) is 2.40. The first-order valence-corrected chi connectivity index (χ1v) is 6.19. The third kappa shape index (κ3) is 3.15. The highest BCUT2D eigenvalue weighted by molar-refractivity contribution is 7.80. The topological polar surface area (TPSA) is 66.6 Å². The molecule has 1 heterocycles. The van der Waals surface area contributed by atoms with Crippen LogP contribution >= 0.6 is 12.2 Å². The Labute approximate surface area is 102 Å². The molecule has 1 atom stereocenters. The second-order valence-electron chi connectivity index (χ2n) is 4.31. The fourth-order valence-corrected chi connectivity index (χ4v) is 2.32. The van der Waals surface area contributed by atoms with E-state index in [1.165, 1.54) is 0 Å². The monoisotopic (exact) mass is 244 g/mol. The van der Waals surface area contributed by atoms with Crippen LogP contribution in [0.5, 0.6) is 0 Å². The number of hydrogen-bond acceptors (Lipinski definition) is 3. The average Bonchev–Trinajstić information content (AvgIpc) is 2.29. The Morgan fingerprint density at radius 1 is 1.56 bits per heavy atom. The van der Waals surface area contributed by atoms with E-state index in [2.05, 4.69) is 0 Å². The van der Waals surface area contributed by atoms with E-state index in [9.17, 15) is 4.79 Å². The zero-order valence-corrected chi connectivity index (χ0v) is 10.5. The van der Waals surface area contributed by atoms with E-state index in [-0.39, 0.29) is 23.4 Å². The number of amides is 1. The van der Waals surface area contributed by atoms with Crippen molar-refractivity contribution in [3.8, 4) is 0 Å². The lowest BCUT2D eigenvalue weighted by Gasteiger charge is -2.33. The molecule has 1 fully saturated rings. The van der Waals surface area contributed by atoms with Gasteiger partial charge in [0.2, 0.25) is 5.91 Å². The van der Waals surface area contributed by atoms with Crippen LogP contribution in [-0.2, 0) is 4.79 Å². The summed E-state index contributed by atoms with van der Waals surface area (Å²) in [5.41, 5.74) is 5.55. The molecular formula is C11H20N2O2S. The van der Waals surface area contributed by atoms with Gasteiger partial charge in [-0.3, -0.25) is 4.79 Å². The lowest BCUT2D eigenvalue weighted by molar-refractivity contribution is -0.135. The molecule has 0 aliphatic carbocycles. The van der Waals surface area contributed by atoms with Gasteiger partial charge in [0.25, 0.3) is 0 Å². The second-order valence-corrected chi connectivity index (χ2v) is 4.79. The molecule has 0 radical (unpaired) electrons. The third-order valence-corrected chi connectivity index (χ3v) is 3.52. The van der Waals surface area contributed by atoms with Crippen LogP contribution in [0.2, 0.25) is 0 Å². The molecule has 16 heavy (non-hydrogen) atoms. The maximum Gasteiger partial charge on any atom is 0.232 e. The molecule has 1 saturated heterocycles. The van der Waals surface area contributed by atoms with Gasteiger partial charge in [0.1, 0.15) is 0 Å². The van der Waals surface area contributed by atoms with Crippen LogP contribution in [0, 0.1) is 11.8 Å². The van der Waals surface area contributed by atoms with E-state index in [0.717, 1.165) is 12.8 Å². The molecule has 1 unspecified atom stereocenters. The molecule has 0 spiro atoms. The molecule has 1 aliphatic heterocycles. The molecule has 0 saturated carbocycles. The van der Waals surface area contributed by atoms with E-state index in [1.807, 2.05) is 11.8 Å². The number of piperidine rings is 1. The highest BCUT2D eigenvalue weighted by atomic mass is 32.1. The SMILES string of the molecule is CCC(C(=O)N1CCC(CO)CC1)C(N)=S. The largest absolute Gasteiger partial charge is 0.396 e. The van der Waals surface area contributed by atoms with Crippen molar-refractivity contribution in [3.05, 3.63) is 0 Å². The van der Waals surface area contributed by atoms with Crippen molar-refractivity contribution < 1.29 is 9.90 Å². The number of likely N-dealkylation sites (tertiary alicyclic amines) is 1. The zero-order chi connectivity index (χ0) is 12.1. The first-order chi connectivity index (χ1) is 7.60. The van der Waals surface area contributed by atoms with Gasteiger partial charge in [0, 0.05) is 19.7 Å². The van der Waals surface area contributed by atoms with E-state index >= 15 is 0 Å². The van der Waals surface area contributed by atoms with Crippen LogP contribution in [0.15, 0.2) is 0 Å². The molecule has 92 valence electrons. The molecule has 1 amide bonds. The number of nitrogens with zero attached hydrogens (tertiary/aromatic N) is 1. The van der Waals surface area contributed by atoms with Gasteiger partial charge in [-0.15, -0.1) is 0 Å². The summed E-state index contributed by atoms with van der Waals surface area (Å²) in [6.45, 7) is 3.56. The minimum Gasteiger partial charge on any atom is -0.396 e. The van der Waals surface area contributed by atoms with Crippen LogP contribution in [0.25, 0.3) is 0 Å². The Balaban J connectivity index is 2.52.